The fourth-order valence-corrected chi connectivity index (χ4v) is 7.85. The molecular formula is C44H52N8O8. The monoisotopic (exact) mass is 820 g/mol. The minimum absolute atomic E-state index is 0.0632. The number of carbonyl (C=O) groups excluding carboxylic acids is 4. The summed E-state index contributed by atoms with van der Waals surface area (Å²) in [7, 11) is 2.55. The van der Waals surface area contributed by atoms with Crippen LogP contribution >= 0.6 is 0 Å². The van der Waals surface area contributed by atoms with Gasteiger partial charge < -0.3 is 50.2 Å². The molecule has 0 spiro atoms. The lowest BCUT2D eigenvalue weighted by atomic mass is 9.91. The number of amides is 4. The van der Waals surface area contributed by atoms with Gasteiger partial charge in [-0.2, -0.15) is 0 Å². The van der Waals surface area contributed by atoms with E-state index in [1.807, 2.05) is 32.0 Å². The lowest BCUT2D eigenvalue weighted by Crippen LogP contribution is -2.52. The van der Waals surface area contributed by atoms with Gasteiger partial charge in [-0.3, -0.25) is 9.59 Å². The summed E-state index contributed by atoms with van der Waals surface area (Å²) in [5, 5.41) is 13.5. The number of rotatable bonds is 13. The summed E-state index contributed by atoms with van der Waals surface area (Å²) in [5.41, 5.74) is 5.64. The van der Waals surface area contributed by atoms with Gasteiger partial charge in [-0.05, 0) is 91.0 Å². The van der Waals surface area contributed by atoms with Crippen LogP contribution in [0.15, 0.2) is 73.1 Å². The van der Waals surface area contributed by atoms with E-state index in [2.05, 4.69) is 83.7 Å². The number of nitrogens with zero attached hydrogens (tertiary/aromatic N) is 2. The van der Waals surface area contributed by atoms with Crippen LogP contribution in [-0.2, 0) is 28.5 Å². The molecule has 2 aliphatic rings. The first-order valence-corrected chi connectivity index (χ1v) is 20.3. The topological polar surface area (TPSA) is 211 Å². The number of carbonyl (C=O) groups is 4. The zero-order chi connectivity index (χ0) is 42.2. The van der Waals surface area contributed by atoms with Crippen LogP contribution in [0.25, 0.3) is 44.4 Å². The summed E-state index contributed by atoms with van der Waals surface area (Å²) in [6.07, 6.45) is 4.84. The Bertz CT molecular complexity index is 2280. The Morgan fingerprint density at radius 2 is 0.983 bits per heavy atom. The molecule has 2 fully saturated rings. The van der Waals surface area contributed by atoms with E-state index in [-0.39, 0.29) is 23.7 Å². The molecule has 7 rings (SSSR count). The van der Waals surface area contributed by atoms with Crippen LogP contribution in [0.3, 0.4) is 0 Å². The molecule has 0 radical (unpaired) electrons. The van der Waals surface area contributed by atoms with Crippen molar-refractivity contribution in [2.75, 3.05) is 40.6 Å². The van der Waals surface area contributed by atoms with Gasteiger partial charge in [-0.25, -0.2) is 19.6 Å². The van der Waals surface area contributed by atoms with Crippen LogP contribution in [-0.4, -0.2) is 96.7 Å². The maximum atomic E-state index is 13.4. The Labute approximate surface area is 347 Å². The molecule has 0 unspecified atom stereocenters. The van der Waals surface area contributed by atoms with Crippen LogP contribution < -0.4 is 21.3 Å². The number of H-pyrrole nitrogens is 2. The minimum Gasteiger partial charge on any atom is -0.453 e. The average Bonchev–Trinajstić information content (AvgIpc) is 3.99. The van der Waals surface area contributed by atoms with Gasteiger partial charge in [0.05, 0.1) is 50.1 Å². The molecule has 2 aliphatic heterocycles. The highest BCUT2D eigenvalue weighted by atomic mass is 16.5. The minimum atomic E-state index is -0.746. The molecule has 16 heteroatoms. The van der Waals surface area contributed by atoms with Gasteiger partial charge in [-0.1, -0.05) is 48.5 Å². The second-order valence-corrected chi connectivity index (χ2v) is 15.3. The first-order valence-electron chi connectivity index (χ1n) is 20.3. The van der Waals surface area contributed by atoms with Crippen molar-refractivity contribution < 1.29 is 38.1 Å². The maximum Gasteiger partial charge on any atom is 0.407 e. The molecule has 4 atom stereocenters. The van der Waals surface area contributed by atoms with E-state index in [0.29, 0.717) is 63.8 Å². The highest BCUT2D eigenvalue weighted by molar-refractivity contribution is 5.91. The molecule has 2 saturated heterocycles. The Hall–Kier alpha value is -6.26. The number of hydrogen-bond donors (Lipinski definition) is 6. The first kappa shape index (κ1) is 41.9. The van der Waals surface area contributed by atoms with Gasteiger partial charge in [0.1, 0.15) is 23.7 Å². The Kier molecular flexibility index (Phi) is 13.4. The number of aromatic nitrogens is 4. The van der Waals surface area contributed by atoms with Crippen molar-refractivity contribution >= 4 is 34.8 Å². The van der Waals surface area contributed by atoms with Gasteiger partial charge in [0.2, 0.25) is 11.8 Å². The number of hydrogen-bond acceptors (Lipinski definition) is 10. The van der Waals surface area contributed by atoms with E-state index in [1.165, 1.54) is 14.2 Å². The van der Waals surface area contributed by atoms with Gasteiger partial charge >= 0.3 is 12.2 Å². The lowest BCUT2D eigenvalue weighted by Gasteiger charge is -2.30. The standard InChI is InChI=1S/C44H52N8O8/c1-25(47-41(53)37(51-43(55)57-3)29-13-17-59-18-14-29)39-45-23-35(49-39)28-7-5-27(6-8-28)31-9-10-33-22-34(12-11-32(33)21-31)36-24-46-40(50-36)26(2)48-42(54)38(52-44(56)58-4)30-15-19-60-20-16-30/h5-12,21-26,29-30,37-38H,13-20H2,1-4H3,(H,45,49)(H,46,50)(H,47,53)(H,48,54)(H,51,55)(H,52,56)/t25-,26-,37-,38-/m0/s1. The van der Waals surface area contributed by atoms with E-state index in [4.69, 9.17) is 18.9 Å². The van der Waals surface area contributed by atoms with E-state index in [1.54, 1.807) is 12.4 Å². The maximum absolute atomic E-state index is 13.4. The second-order valence-electron chi connectivity index (χ2n) is 15.3. The van der Waals surface area contributed by atoms with Gasteiger partial charge in [0.25, 0.3) is 0 Å². The smallest absolute Gasteiger partial charge is 0.407 e. The van der Waals surface area contributed by atoms with Crippen LogP contribution in [0, 0.1) is 11.8 Å². The van der Waals surface area contributed by atoms with Crippen molar-refractivity contribution in [1.82, 2.24) is 41.2 Å². The summed E-state index contributed by atoms with van der Waals surface area (Å²) in [5.74, 6) is 0.459. The predicted molar refractivity (Wildman–Crippen MR) is 223 cm³/mol. The first-order chi connectivity index (χ1) is 29.1. The molecule has 0 saturated carbocycles. The lowest BCUT2D eigenvalue weighted by molar-refractivity contribution is -0.126. The summed E-state index contributed by atoms with van der Waals surface area (Å²) in [4.78, 5) is 66.6. The average molecular weight is 821 g/mol. The Balaban J connectivity index is 0.975. The summed E-state index contributed by atoms with van der Waals surface area (Å²) >= 11 is 0. The van der Waals surface area contributed by atoms with Crippen molar-refractivity contribution in [1.29, 1.82) is 0 Å². The summed E-state index contributed by atoms with van der Waals surface area (Å²) < 4.78 is 20.5. The molecule has 3 aromatic carbocycles. The number of benzene rings is 3. The van der Waals surface area contributed by atoms with Crippen molar-refractivity contribution in [3.63, 3.8) is 0 Å². The number of nitrogens with one attached hydrogen (secondary N) is 6. The SMILES string of the molecule is COC(=O)N[C@H](C(=O)N[C@@H](C)c1ncc(-c2ccc(-c3ccc4cc(-c5cnc([C@H](C)NC(=O)[C@@H](NC(=O)OC)C6CCOCC6)[nH]5)ccc4c3)cc2)[nH]1)C1CCOCC1. The molecule has 4 heterocycles. The molecule has 6 N–H and O–H groups in total. The van der Waals surface area contributed by atoms with Gasteiger partial charge in [-0.15, -0.1) is 0 Å². The van der Waals surface area contributed by atoms with E-state index in [0.717, 1.165) is 44.4 Å². The number of ether oxygens (including phenoxy) is 4. The molecule has 16 nitrogen and oxygen atoms in total. The predicted octanol–water partition coefficient (Wildman–Crippen LogP) is 5.94. The molecule has 0 bridgehead atoms. The fourth-order valence-electron chi connectivity index (χ4n) is 7.85. The van der Waals surface area contributed by atoms with Gasteiger partial charge in [0, 0.05) is 32.0 Å². The third kappa shape index (κ3) is 9.94. The molecule has 0 aliphatic carbocycles. The number of methoxy groups -OCH3 is 2. The van der Waals surface area contributed by atoms with E-state index in [9.17, 15) is 19.2 Å². The van der Waals surface area contributed by atoms with Gasteiger partial charge in [0.15, 0.2) is 0 Å². The molecule has 316 valence electrons. The van der Waals surface area contributed by atoms with Crippen LogP contribution in [0.2, 0.25) is 0 Å². The number of imidazole rings is 2. The van der Waals surface area contributed by atoms with E-state index < -0.39 is 36.4 Å². The third-order valence-corrected chi connectivity index (χ3v) is 11.4. The van der Waals surface area contributed by atoms with Crippen LogP contribution in [0.5, 0.6) is 0 Å². The number of alkyl carbamates (subject to hydrolysis) is 2. The highest BCUT2D eigenvalue weighted by Gasteiger charge is 2.34. The van der Waals surface area contributed by atoms with Crippen molar-refractivity contribution in [2.45, 2.75) is 63.7 Å². The van der Waals surface area contributed by atoms with Crippen molar-refractivity contribution in [2.24, 2.45) is 11.8 Å². The van der Waals surface area contributed by atoms with Crippen LogP contribution in [0.1, 0.15) is 63.3 Å². The normalized spacial score (nSPS) is 16.9. The number of aromatic amines is 2. The Morgan fingerprint density at radius 1 is 0.583 bits per heavy atom. The van der Waals surface area contributed by atoms with Crippen molar-refractivity contribution in [3.8, 4) is 33.6 Å². The summed E-state index contributed by atoms with van der Waals surface area (Å²) in [6.45, 7) is 5.84. The zero-order valence-corrected chi connectivity index (χ0v) is 34.2. The highest BCUT2D eigenvalue weighted by Crippen LogP contribution is 2.31. The third-order valence-electron chi connectivity index (χ3n) is 11.4. The molecule has 5 aromatic rings. The molecule has 60 heavy (non-hydrogen) atoms. The molecule has 2 aromatic heterocycles. The zero-order valence-electron chi connectivity index (χ0n) is 34.2. The van der Waals surface area contributed by atoms with Crippen LogP contribution in [0.4, 0.5) is 9.59 Å². The second kappa shape index (κ2) is 19.2. The van der Waals surface area contributed by atoms with E-state index >= 15 is 0 Å². The molecule has 4 amide bonds. The number of fused-ring (bicyclic) bond motifs is 1. The fraction of sp³-hybridized carbons (Fsp3) is 0.409. The quantitative estimate of drug-likeness (QED) is 0.0823. The summed E-state index contributed by atoms with van der Waals surface area (Å²) in [6, 6.07) is 18.4. The Morgan fingerprint density at radius 3 is 1.45 bits per heavy atom. The largest absolute Gasteiger partial charge is 0.453 e. The molecular weight excluding hydrogens is 769 g/mol. The van der Waals surface area contributed by atoms with Crippen molar-refractivity contribution in [3.05, 3.63) is 84.7 Å².